The molecule has 0 amide bonds. The number of benzene rings is 1. The standard InChI is InChI=1S/C21H36N4O2/c1-6-24(7-2)15-18-12-13-25(16-18)21(22-4)23-14-17(3)27-20-11-9-8-10-19(20)26-5/h8-11,17-18H,6-7,12-16H2,1-5H3,(H,22,23). The van der Waals surface area contributed by atoms with Crippen molar-refractivity contribution in [3.8, 4) is 11.5 Å². The molecular weight excluding hydrogens is 340 g/mol. The quantitative estimate of drug-likeness (QED) is 0.530. The summed E-state index contributed by atoms with van der Waals surface area (Å²) in [6, 6.07) is 7.74. The summed E-state index contributed by atoms with van der Waals surface area (Å²) in [5, 5.41) is 3.47. The fourth-order valence-electron chi connectivity index (χ4n) is 3.56. The van der Waals surface area contributed by atoms with Gasteiger partial charge in [-0.05, 0) is 44.5 Å². The molecule has 152 valence electrons. The first-order valence-corrected chi connectivity index (χ1v) is 10.1. The van der Waals surface area contributed by atoms with Crippen molar-refractivity contribution in [2.45, 2.75) is 33.3 Å². The molecule has 27 heavy (non-hydrogen) atoms. The zero-order chi connectivity index (χ0) is 19.6. The summed E-state index contributed by atoms with van der Waals surface area (Å²) in [6.45, 7) is 12.8. The Labute approximate surface area is 164 Å². The van der Waals surface area contributed by atoms with E-state index in [1.807, 2.05) is 31.3 Å². The Kier molecular flexibility index (Phi) is 8.72. The van der Waals surface area contributed by atoms with Gasteiger partial charge in [0.2, 0.25) is 0 Å². The number of rotatable bonds is 9. The Morgan fingerprint density at radius 1 is 1.30 bits per heavy atom. The summed E-state index contributed by atoms with van der Waals surface area (Å²) in [5.41, 5.74) is 0. The lowest BCUT2D eigenvalue weighted by atomic mass is 10.1. The molecule has 0 saturated carbocycles. The topological polar surface area (TPSA) is 49.3 Å². The van der Waals surface area contributed by atoms with Crippen LogP contribution in [0.1, 0.15) is 27.2 Å². The van der Waals surface area contributed by atoms with Crippen LogP contribution < -0.4 is 14.8 Å². The molecule has 1 aromatic carbocycles. The number of ether oxygens (including phenoxy) is 2. The monoisotopic (exact) mass is 376 g/mol. The van der Waals surface area contributed by atoms with Gasteiger partial charge in [0, 0.05) is 26.7 Å². The molecular formula is C21H36N4O2. The summed E-state index contributed by atoms with van der Waals surface area (Å²) in [5.74, 6) is 3.20. The SMILES string of the molecule is CCN(CC)CC1CCN(C(=NC)NCC(C)Oc2ccccc2OC)C1. The van der Waals surface area contributed by atoms with Crippen molar-refractivity contribution in [2.24, 2.45) is 10.9 Å². The van der Waals surface area contributed by atoms with E-state index in [0.717, 1.165) is 43.6 Å². The highest BCUT2D eigenvalue weighted by Crippen LogP contribution is 2.26. The molecule has 0 aliphatic carbocycles. The van der Waals surface area contributed by atoms with Crippen molar-refractivity contribution < 1.29 is 9.47 Å². The molecule has 0 bridgehead atoms. The molecule has 1 aliphatic heterocycles. The molecule has 1 aliphatic rings. The first-order valence-electron chi connectivity index (χ1n) is 10.1. The average Bonchev–Trinajstić information content (AvgIpc) is 3.15. The van der Waals surface area contributed by atoms with Gasteiger partial charge in [-0.2, -0.15) is 0 Å². The van der Waals surface area contributed by atoms with Crippen LogP contribution in [0.25, 0.3) is 0 Å². The van der Waals surface area contributed by atoms with Crippen molar-refractivity contribution in [1.29, 1.82) is 0 Å². The number of para-hydroxylation sites is 2. The highest BCUT2D eigenvalue weighted by atomic mass is 16.5. The van der Waals surface area contributed by atoms with Crippen LogP contribution in [0.3, 0.4) is 0 Å². The molecule has 2 unspecified atom stereocenters. The molecule has 2 atom stereocenters. The number of guanidine groups is 1. The van der Waals surface area contributed by atoms with Crippen molar-refractivity contribution in [3.05, 3.63) is 24.3 Å². The molecule has 1 saturated heterocycles. The highest BCUT2D eigenvalue weighted by molar-refractivity contribution is 5.80. The molecule has 1 N–H and O–H groups in total. The fourth-order valence-corrected chi connectivity index (χ4v) is 3.56. The Morgan fingerprint density at radius 3 is 2.63 bits per heavy atom. The van der Waals surface area contributed by atoms with Crippen LogP contribution in [0.15, 0.2) is 29.3 Å². The number of likely N-dealkylation sites (tertiary alicyclic amines) is 1. The lowest BCUT2D eigenvalue weighted by Crippen LogP contribution is -2.44. The van der Waals surface area contributed by atoms with Gasteiger partial charge in [-0.15, -0.1) is 0 Å². The van der Waals surface area contributed by atoms with E-state index in [1.54, 1.807) is 7.11 Å². The van der Waals surface area contributed by atoms with Crippen molar-refractivity contribution >= 4 is 5.96 Å². The molecule has 1 aromatic rings. The van der Waals surface area contributed by atoms with Gasteiger partial charge in [0.05, 0.1) is 13.7 Å². The first kappa shape index (κ1) is 21.4. The lowest BCUT2D eigenvalue weighted by molar-refractivity contribution is 0.212. The largest absolute Gasteiger partial charge is 0.493 e. The van der Waals surface area contributed by atoms with Gasteiger partial charge in [-0.3, -0.25) is 4.99 Å². The minimum Gasteiger partial charge on any atom is -0.493 e. The van der Waals surface area contributed by atoms with Crippen LogP contribution in [0.4, 0.5) is 0 Å². The number of hydrogen-bond acceptors (Lipinski definition) is 4. The number of nitrogens with zero attached hydrogens (tertiary/aromatic N) is 3. The van der Waals surface area contributed by atoms with Gasteiger partial charge < -0.3 is 24.6 Å². The Morgan fingerprint density at radius 2 is 2.00 bits per heavy atom. The van der Waals surface area contributed by atoms with Gasteiger partial charge >= 0.3 is 0 Å². The molecule has 1 fully saturated rings. The van der Waals surface area contributed by atoms with Crippen LogP contribution in [-0.4, -0.2) is 75.3 Å². The van der Waals surface area contributed by atoms with Gasteiger partial charge in [0.25, 0.3) is 0 Å². The summed E-state index contributed by atoms with van der Waals surface area (Å²) >= 11 is 0. The van der Waals surface area contributed by atoms with E-state index in [9.17, 15) is 0 Å². The van der Waals surface area contributed by atoms with Gasteiger partial charge in [-0.25, -0.2) is 0 Å². The Balaban J connectivity index is 1.81. The number of hydrogen-bond donors (Lipinski definition) is 1. The third-order valence-corrected chi connectivity index (χ3v) is 5.15. The number of methoxy groups -OCH3 is 1. The molecule has 0 radical (unpaired) electrons. The maximum atomic E-state index is 6.03. The van der Waals surface area contributed by atoms with Crippen LogP contribution in [0, 0.1) is 5.92 Å². The predicted molar refractivity (Wildman–Crippen MR) is 112 cm³/mol. The second-order valence-corrected chi connectivity index (χ2v) is 7.09. The van der Waals surface area contributed by atoms with Crippen LogP contribution in [-0.2, 0) is 0 Å². The van der Waals surface area contributed by atoms with Crippen molar-refractivity contribution in [2.75, 3.05) is 53.4 Å². The fraction of sp³-hybridized carbons (Fsp3) is 0.667. The maximum absolute atomic E-state index is 6.03. The predicted octanol–water partition coefficient (Wildman–Crippen LogP) is 2.70. The minimum atomic E-state index is 0.00660. The molecule has 2 rings (SSSR count). The Hall–Kier alpha value is -1.95. The van der Waals surface area contributed by atoms with Gasteiger partial charge in [0.1, 0.15) is 6.10 Å². The van der Waals surface area contributed by atoms with E-state index in [-0.39, 0.29) is 6.10 Å². The van der Waals surface area contributed by atoms with Gasteiger partial charge in [0.15, 0.2) is 17.5 Å². The van der Waals surface area contributed by atoms with E-state index < -0.39 is 0 Å². The van der Waals surface area contributed by atoms with E-state index >= 15 is 0 Å². The lowest BCUT2D eigenvalue weighted by Gasteiger charge is -2.25. The first-order chi connectivity index (χ1) is 13.1. The summed E-state index contributed by atoms with van der Waals surface area (Å²) in [4.78, 5) is 9.35. The van der Waals surface area contributed by atoms with E-state index in [0.29, 0.717) is 12.5 Å². The van der Waals surface area contributed by atoms with Crippen LogP contribution in [0.5, 0.6) is 11.5 Å². The summed E-state index contributed by atoms with van der Waals surface area (Å²) in [7, 11) is 3.51. The third-order valence-electron chi connectivity index (χ3n) is 5.15. The second kappa shape index (κ2) is 11.0. The van der Waals surface area contributed by atoms with Crippen LogP contribution >= 0.6 is 0 Å². The summed E-state index contributed by atoms with van der Waals surface area (Å²) in [6.07, 6.45) is 1.23. The second-order valence-electron chi connectivity index (χ2n) is 7.09. The highest BCUT2D eigenvalue weighted by Gasteiger charge is 2.26. The molecule has 0 aromatic heterocycles. The minimum absolute atomic E-state index is 0.00660. The smallest absolute Gasteiger partial charge is 0.193 e. The molecule has 0 spiro atoms. The zero-order valence-electron chi connectivity index (χ0n) is 17.6. The average molecular weight is 377 g/mol. The summed E-state index contributed by atoms with van der Waals surface area (Å²) < 4.78 is 11.4. The normalized spacial score (nSPS) is 18.7. The number of aliphatic imine (C=N–C) groups is 1. The van der Waals surface area contributed by atoms with E-state index in [1.165, 1.54) is 13.0 Å². The Bertz CT molecular complexity index is 589. The number of nitrogens with one attached hydrogen (secondary N) is 1. The molecule has 6 heteroatoms. The maximum Gasteiger partial charge on any atom is 0.193 e. The van der Waals surface area contributed by atoms with Gasteiger partial charge in [-0.1, -0.05) is 26.0 Å². The molecule has 1 heterocycles. The zero-order valence-corrected chi connectivity index (χ0v) is 17.6. The third kappa shape index (κ3) is 6.31. The van der Waals surface area contributed by atoms with E-state index in [4.69, 9.17) is 9.47 Å². The van der Waals surface area contributed by atoms with Crippen molar-refractivity contribution in [3.63, 3.8) is 0 Å². The van der Waals surface area contributed by atoms with Crippen molar-refractivity contribution in [1.82, 2.24) is 15.1 Å². The molecule has 6 nitrogen and oxygen atoms in total. The van der Waals surface area contributed by atoms with E-state index in [2.05, 4.69) is 40.9 Å². The van der Waals surface area contributed by atoms with Crippen LogP contribution in [0.2, 0.25) is 0 Å².